The number of H-pyrrole nitrogens is 1. The van der Waals surface area contributed by atoms with Crippen molar-refractivity contribution in [3.8, 4) is 0 Å². The summed E-state index contributed by atoms with van der Waals surface area (Å²) in [5.41, 5.74) is 0.394. The van der Waals surface area contributed by atoms with Gasteiger partial charge in [0.05, 0.1) is 11.7 Å². The molecule has 2 aromatic heterocycles. The number of pyridine rings is 1. The number of rotatable bonds is 2. The molecule has 0 fully saturated rings. The molecule has 0 spiro atoms. The lowest BCUT2D eigenvalue weighted by Crippen LogP contribution is -1.98. The Kier molecular flexibility index (Phi) is 1.89. The maximum Gasteiger partial charge on any atom is 0.354 e. The number of aromatic nitrogens is 2. The fraction of sp³-hybridized carbons (Fsp3) is 0. The maximum atomic E-state index is 10.6. The van der Waals surface area contributed by atoms with Gasteiger partial charge in [0.2, 0.25) is 0 Å². The number of nitrogens with one attached hydrogen (secondary N) is 1. The van der Waals surface area contributed by atoms with E-state index in [-0.39, 0.29) is 11.4 Å². The van der Waals surface area contributed by atoms with Crippen LogP contribution in [-0.4, -0.2) is 32.1 Å². The molecule has 0 unspecified atom stereocenters. The smallest absolute Gasteiger partial charge is 0.354 e. The molecule has 0 amide bonds. The molecule has 0 aliphatic carbocycles. The van der Waals surface area contributed by atoms with Crippen LogP contribution in [0.1, 0.15) is 21.0 Å². The number of aromatic carboxylic acids is 2. The first kappa shape index (κ1) is 9.20. The number of fused-ring (bicyclic) bond motifs is 1. The molecule has 0 radical (unpaired) electrons. The Bertz CT molecular complexity index is 546. The second-order valence-electron chi connectivity index (χ2n) is 2.95. The molecule has 2 aromatic rings. The summed E-state index contributed by atoms with van der Waals surface area (Å²) in [4.78, 5) is 27.5. The highest BCUT2D eigenvalue weighted by Gasteiger charge is 2.10. The first-order valence-corrected chi connectivity index (χ1v) is 4.03. The van der Waals surface area contributed by atoms with E-state index in [1.54, 1.807) is 0 Å². The van der Waals surface area contributed by atoms with E-state index in [1.165, 1.54) is 18.3 Å². The zero-order valence-electron chi connectivity index (χ0n) is 7.39. The van der Waals surface area contributed by atoms with Crippen molar-refractivity contribution in [3.05, 3.63) is 29.7 Å². The monoisotopic (exact) mass is 206 g/mol. The van der Waals surface area contributed by atoms with Gasteiger partial charge in [0.25, 0.3) is 0 Å². The van der Waals surface area contributed by atoms with Gasteiger partial charge in [-0.2, -0.15) is 0 Å². The Morgan fingerprint density at radius 3 is 2.53 bits per heavy atom. The molecule has 0 aliphatic heterocycles. The molecule has 2 heterocycles. The lowest BCUT2D eigenvalue weighted by Gasteiger charge is -1.92. The first-order chi connectivity index (χ1) is 7.08. The second kappa shape index (κ2) is 3.09. The molecule has 6 heteroatoms. The van der Waals surface area contributed by atoms with Crippen LogP contribution >= 0.6 is 0 Å². The molecule has 76 valence electrons. The molecule has 0 saturated heterocycles. The summed E-state index contributed by atoms with van der Waals surface area (Å²) in [6, 6.07) is 2.69. The minimum Gasteiger partial charge on any atom is -0.477 e. The fourth-order valence-electron chi connectivity index (χ4n) is 1.26. The van der Waals surface area contributed by atoms with E-state index in [9.17, 15) is 9.59 Å². The van der Waals surface area contributed by atoms with E-state index in [4.69, 9.17) is 10.2 Å². The van der Waals surface area contributed by atoms with Gasteiger partial charge in [0, 0.05) is 5.39 Å². The third-order valence-electron chi connectivity index (χ3n) is 1.95. The Balaban J connectivity index is 2.62. The van der Waals surface area contributed by atoms with Gasteiger partial charge in [-0.3, -0.25) is 0 Å². The standard InChI is InChI=1S/C9H6N2O4/c12-8(13)5-1-4-2-6(9(14)15)11-7(4)3-10-5/h1-3,11H,(H,12,13)(H,14,15). The highest BCUT2D eigenvalue weighted by atomic mass is 16.4. The van der Waals surface area contributed by atoms with Crippen LogP contribution in [0.25, 0.3) is 10.9 Å². The topological polar surface area (TPSA) is 103 Å². The molecule has 0 saturated carbocycles. The van der Waals surface area contributed by atoms with Gasteiger partial charge in [0.15, 0.2) is 0 Å². The molecular formula is C9H6N2O4. The Hall–Kier alpha value is -2.37. The summed E-state index contributed by atoms with van der Waals surface area (Å²) in [6.45, 7) is 0. The SMILES string of the molecule is O=C(O)c1cc2cc(C(=O)O)[nH]c2cn1. The summed E-state index contributed by atoms with van der Waals surface area (Å²) in [5.74, 6) is -2.24. The van der Waals surface area contributed by atoms with Crippen LogP contribution in [0.3, 0.4) is 0 Å². The van der Waals surface area contributed by atoms with Crippen molar-refractivity contribution in [1.82, 2.24) is 9.97 Å². The summed E-state index contributed by atoms with van der Waals surface area (Å²) in [7, 11) is 0. The van der Waals surface area contributed by atoms with E-state index in [0.717, 1.165) is 0 Å². The predicted octanol–water partition coefficient (Wildman–Crippen LogP) is 0.959. The van der Waals surface area contributed by atoms with Crippen molar-refractivity contribution in [3.63, 3.8) is 0 Å². The molecule has 6 nitrogen and oxygen atoms in total. The minimum absolute atomic E-state index is 0.00865. The zero-order valence-corrected chi connectivity index (χ0v) is 7.39. The number of hydrogen-bond donors (Lipinski definition) is 3. The molecule has 0 atom stereocenters. The molecule has 0 bridgehead atoms. The minimum atomic E-state index is -1.14. The van der Waals surface area contributed by atoms with Gasteiger partial charge in [-0.05, 0) is 12.1 Å². The summed E-state index contributed by atoms with van der Waals surface area (Å²) in [6.07, 6.45) is 1.30. The average molecular weight is 206 g/mol. The summed E-state index contributed by atoms with van der Waals surface area (Å²) >= 11 is 0. The third-order valence-corrected chi connectivity index (χ3v) is 1.95. The van der Waals surface area contributed by atoms with E-state index in [1.807, 2.05) is 0 Å². The molecule has 0 aromatic carbocycles. The van der Waals surface area contributed by atoms with Crippen LogP contribution in [0, 0.1) is 0 Å². The van der Waals surface area contributed by atoms with Crippen LogP contribution < -0.4 is 0 Å². The number of carboxylic acid groups (broad SMARTS) is 2. The van der Waals surface area contributed by atoms with Gasteiger partial charge in [0.1, 0.15) is 11.4 Å². The normalized spacial score (nSPS) is 10.4. The molecule has 15 heavy (non-hydrogen) atoms. The Labute approximate surface area is 83.2 Å². The number of hydrogen-bond acceptors (Lipinski definition) is 3. The van der Waals surface area contributed by atoms with Crippen LogP contribution in [0.4, 0.5) is 0 Å². The lowest BCUT2D eigenvalue weighted by molar-refractivity contribution is 0.0680. The largest absolute Gasteiger partial charge is 0.477 e. The number of carbonyl (C=O) groups is 2. The predicted molar refractivity (Wildman–Crippen MR) is 50.0 cm³/mol. The molecule has 0 aliphatic rings. The van der Waals surface area contributed by atoms with Crippen LogP contribution in [0.5, 0.6) is 0 Å². The zero-order chi connectivity index (χ0) is 11.0. The van der Waals surface area contributed by atoms with Gasteiger partial charge in [-0.15, -0.1) is 0 Å². The van der Waals surface area contributed by atoms with Crippen LogP contribution in [0.15, 0.2) is 18.3 Å². The van der Waals surface area contributed by atoms with Crippen molar-refractivity contribution < 1.29 is 19.8 Å². The maximum absolute atomic E-state index is 10.6. The van der Waals surface area contributed by atoms with E-state index < -0.39 is 11.9 Å². The van der Waals surface area contributed by atoms with Crippen LogP contribution in [-0.2, 0) is 0 Å². The second-order valence-corrected chi connectivity index (χ2v) is 2.95. The summed E-state index contributed by atoms with van der Waals surface area (Å²) in [5, 5.41) is 17.9. The fourth-order valence-corrected chi connectivity index (χ4v) is 1.26. The van der Waals surface area contributed by atoms with Gasteiger partial charge >= 0.3 is 11.9 Å². The van der Waals surface area contributed by atoms with Crippen LogP contribution in [0.2, 0.25) is 0 Å². The van der Waals surface area contributed by atoms with Gasteiger partial charge < -0.3 is 15.2 Å². The summed E-state index contributed by atoms with van der Waals surface area (Å²) < 4.78 is 0. The van der Waals surface area contributed by atoms with Crippen molar-refractivity contribution in [2.45, 2.75) is 0 Å². The van der Waals surface area contributed by atoms with Crippen molar-refractivity contribution in [2.75, 3.05) is 0 Å². The lowest BCUT2D eigenvalue weighted by atomic mass is 10.2. The number of nitrogens with zero attached hydrogens (tertiary/aromatic N) is 1. The number of carboxylic acids is 2. The van der Waals surface area contributed by atoms with E-state index in [0.29, 0.717) is 10.9 Å². The van der Waals surface area contributed by atoms with Gasteiger partial charge in [-0.1, -0.05) is 0 Å². The van der Waals surface area contributed by atoms with Crippen molar-refractivity contribution in [2.24, 2.45) is 0 Å². The van der Waals surface area contributed by atoms with E-state index in [2.05, 4.69) is 9.97 Å². The highest BCUT2D eigenvalue weighted by Crippen LogP contribution is 2.15. The molecule has 2 rings (SSSR count). The Morgan fingerprint density at radius 2 is 1.93 bits per heavy atom. The quantitative estimate of drug-likeness (QED) is 0.678. The Morgan fingerprint density at radius 1 is 1.20 bits per heavy atom. The average Bonchev–Trinajstić information content (AvgIpc) is 2.59. The number of aromatic amines is 1. The third kappa shape index (κ3) is 1.52. The van der Waals surface area contributed by atoms with Gasteiger partial charge in [-0.25, -0.2) is 14.6 Å². The first-order valence-electron chi connectivity index (χ1n) is 4.03. The van der Waals surface area contributed by atoms with E-state index >= 15 is 0 Å². The highest BCUT2D eigenvalue weighted by molar-refractivity contribution is 5.96. The molecule has 3 N–H and O–H groups in total. The van der Waals surface area contributed by atoms with Crippen molar-refractivity contribution in [1.29, 1.82) is 0 Å². The van der Waals surface area contributed by atoms with Crippen molar-refractivity contribution >= 4 is 22.8 Å². The molecular weight excluding hydrogens is 200 g/mol.